The SMILES string of the molecule is CCOC(=O)c1ccccc1NC(=O)C(OCc1ccccc1)C(O)OCC. The fourth-order valence-corrected chi connectivity index (χ4v) is 2.49. The number of rotatable bonds is 10. The van der Waals surface area contributed by atoms with Gasteiger partial charge in [-0.1, -0.05) is 42.5 Å². The number of hydrogen-bond donors (Lipinski definition) is 2. The van der Waals surface area contributed by atoms with Crippen molar-refractivity contribution in [2.45, 2.75) is 32.8 Å². The highest BCUT2D eigenvalue weighted by molar-refractivity contribution is 6.02. The van der Waals surface area contributed by atoms with E-state index in [2.05, 4.69) is 5.32 Å². The number of carbonyl (C=O) groups excluding carboxylic acids is 2. The zero-order chi connectivity index (χ0) is 20.4. The summed E-state index contributed by atoms with van der Waals surface area (Å²) in [6.45, 7) is 3.94. The molecule has 0 aliphatic heterocycles. The molecule has 0 radical (unpaired) electrons. The summed E-state index contributed by atoms with van der Waals surface area (Å²) in [5, 5.41) is 12.8. The summed E-state index contributed by atoms with van der Waals surface area (Å²) in [7, 11) is 0. The zero-order valence-electron chi connectivity index (χ0n) is 16.0. The topological polar surface area (TPSA) is 94.1 Å². The Morgan fingerprint density at radius 2 is 1.64 bits per heavy atom. The Morgan fingerprint density at radius 1 is 0.964 bits per heavy atom. The molecule has 0 fully saturated rings. The maximum absolute atomic E-state index is 12.8. The van der Waals surface area contributed by atoms with Gasteiger partial charge in [0.15, 0.2) is 12.4 Å². The predicted molar refractivity (Wildman–Crippen MR) is 104 cm³/mol. The average molecular weight is 387 g/mol. The first-order chi connectivity index (χ1) is 13.6. The number of carbonyl (C=O) groups is 2. The molecule has 0 aromatic heterocycles. The van der Waals surface area contributed by atoms with Gasteiger partial charge in [-0.3, -0.25) is 4.79 Å². The highest BCUT2D eigenvalue weighted by Gasteiger charge is 2.29. The Bertz CT molecular complexity index is 765. The molecule has 28 heavy (non-hydrogen) atoms. The monoisotopic (exact) mass is 387 g/mol. The Balaban J connectivity index is 2.15. The van der Waals surface area contributed by atoms with Crippen molar-refractivity contribution >= 4 is 17.6 Å². The average Bonchev–Trinajstić information content (AvgIpc) is 2.69. The lowest BCUT2D eigenvalue weighted by Crippen LogP contribution is -2.42. The summed E-state index contributed by atoms with van der Waals surface area (Å²) in [6.07, 6.45) is -2.74. The number of nitrogens with one attached hydrogen (secondary N) is 1. The molecule has 0 aliphatic rings. The highest BCUT2D eigenvalue weighted by Crippen LogP contribution is 2.18. The number of hydrogen-bond acceptors (Lipinski definition) is 6. The minimum atomic E-state index is -1.46. The largest absolute Gasteiger partial charge is 0.462 e. The van der Waals surface area contributed by atoms with Gasteiger partial charge in [-0.2, -0.15) is 0 Å². The molecule has 0 aliphatic carbocycles. The first-order valence-electron chi connectivity index (χ1n) is 9.09. The Hall–Kier alpha value is -2.74. The first kappa shape index (κ1) is 21.6. The van der Waals surface area contributed by atoms with E-state index in [0.29, 0.717) is 0 Å². The number of amides is 1. The van der Waals surface area contributed by atoms with E-state index in [9.17, 15) is 14.7 Å². The van der Waals surface area contributed by atoms with Crippen molar-refractivity contribution in [2.24, 2.45) is 0 Å². The summed E-state index contributed by atoms with van der Waals surface area (Å²) in [4.78, 5) is 24.8. The van der Waals surface area contributed by atoms with Crippen molar-refractivity contribution in [3.05, 3.63) is 65.7 Å². The molecule has 2 aromatic carbocycles. The third-order valence-corrected chi connectivity index (χ3v) is 3.81. The standard InChI is InChI=1S/C21H25NO6/c1-3-26-20(24)16-12-8-9-13-17(16)22-19(23)18(21(25)27-4-2)28-14-15-10-6-5-7-11-15/h5-13,18,21,25H,3-4,14H2,1-2H3,(H,22,23). The number of aliphatic hydroxyl groups is 1. The van der Waals surface area contributed by atoms with Crippen molar-refractivity contribution in [3.63, 3.8) is 0 Å². The zero-order valence-corrected chi connectivity index (χ0v) is 16.0. The fraction of sp³-hybridized carbons (Fsp3) is 0.333. The van der Waals surface area contributed by atoms with E-state index in [1.165, 1.54) is 0 Å². The van der Waals surface area contributed by atoms with E-state index in [-0.39, 0.29) is 31.1 Å². The molecule has 0 saturated carbocycles. The molecule has 2 unspecified atom stereocenters. The highest BCUT2D eigenvalue weighted by atomic mass is 16.6. The number of anilines is 1. The molecule has 2 atom stereocenters. The summed E-state index contributed by atoms with van der Waals surface area (Å²) in [5.74, 6) is -1.18. The van der Waals surface area contributed by atoms with Crippen LogP contribution in [0.5, 0.6) is 0 Å². The lowest BCUT2D eigenvalue weighted by molar-refractivity contribution is -0.184. The second-order valence-electron chi connectivity index (χ2n) is 5.82. The smallest absolute Gasteiger partial charge is 0.340 e. The molecule has 0 saturated heterocycles. The van der Waals surface area contributed by atoms with Crippen LogP contribution in [-0.2, 0) is 25.6 Å². The number of esters is 1. The molecular weight excluding hydrogens is 362 g/mol. The molecule has 0 spiro atoms. The molecule has 0 bridgehead atoms. The minimum absolute atomic E-state index is 0.114. The van der Waals surface area contributed by atoms with E-state index < -0.39 is 24.3 Å². The van der Waals surface area contributed by atoms with E-state index in [1.807, 2.05) is 30.3 Å². The number of benzene rings is 2. The summed E-state index contributed by atoms with van der Waals surface area (Å²) >= 11 is 0. The molecule has 2 aromatic rings. The lowest BCUT2D eigenvalue weighted by Gasteiger charge is -2.23. The van der Waals surface area contributed by atoms with Gasteiger partial charge in [0, 0.05) is 6.61 Å². The molecule has 0 heterocycles. The third-order valence-electron chi connectivity index (χ3n) is 3.81. The summed E-state index contributed by atoms with van der Waals surface area (Å²) in [5.41, 5.74) is 1.32. The van der Waals surface area contributed by atoms with Crippen molar-refractivity contribution < 1.29 is 28.9 Å². The molecule has 7 heteroatoms. The molecular formula is C21H25NO6. The Kier molecular flexibility index (Phi) is 8.61. The van der Waals surface area contributed by atoms with Gasteiger partial charge in [-0.05, 0) is 31.5 Å². The van der Waals surface area contributed by atoms with E-state index >= 15 is 0 Å². The van der Waals surface area contributed by atoms with Crippen LogP contribution in [0.4, 0.5) is 5.69 Å². The normalized spacial score (nSPS) is 12.8. The third kappa shape index (κ3) is 6.16. The maximum Gasteiger partial charge on any atom is 0.340 e. The van der Waals surface area contributed by atoms with Crippen molar-refractivity contribution in [1.29, 1.82) is 0 Å². The van der Waals surface area contributed by atoms with Crippen LogP contribution in [0.3, 0.4) is 0 Å². The van der Waals surface area contributed by atoms with Gasteiger partial charge in [-0.15, -0.1) is 0 Å². The van der Waals surface area contributed by atoms with Crippen molar-refractivity contribution in [3.8, 4) is 0 Å². The van der Waals surface area contributed by atoms with Crippen LogP contribution in [0.2, 0.25) is 0 Å². The summed E-state index contributed by atoms with van der Waals surface area (Å²) in [6, 6.07) is 15.7. The molecule has 2 N–H and O–H groups in total. The van der Waals surface area contributed by atoms with Crippen LogP contribution in [0.1, 0.15) is 29.8 Å². The number of aliphatic hydroxyl groups excluding tert-OH is 1. The molecule has 1 amide bonds. The van der Waals surface area contributed by atoms with Crippen LogP contribution in [0, 0.1) is 0 Å². The van der Waals surface area contributed by atoms with E-state index in [1.54, 1.807) is 38.1 Å². The van der Waals surface area contributed by atoms with Gasteiger partial charge >= 0.3 is 5.97 Å². The quantitative estimate of drug-likeness (QED) is 0.481. The van der Waals surface area contributed by atoms with E-state index in [0.717, 1.165) is 5.56 Å². The number of ether oxygens (including phenoxy) is 3. The predicted octanol–water partition coefficient (Wildman–Crippen LogP) is 2.74. The van der Waals surface area contributed by atoms with Crippen LogP contribution < -0.4 is 5.32 Å². The van der Waals surface area contributed by atoms with Crippen LogP contribution in [0.25, 0.3) is 0 Å². The van der Waals surface area contributed by atoms with Crippen LogP contribution in [0.15, 0.2) is 54.6 Å². The van der Waals surface area contributed by atoms with Gasteiger partial charge in [0.05, 0.1) is 24.5 Å². The molecule has 2 rings (SSSR count). The first-order valence-corrected chi connectivity index (χ1v) is 9.09. The van der Waals surface area contributed by atoms with E-state index in [4.69, 9.17) is 14.2 Å². The van der Waals surface area contributed by atoms with Crippen molar-refractivity contribution in [2.75, 3.05) is 18.5 Å². The summed E-state index contributed by atoms with van der Waals surface area (Å²) < 4.78 is 15.8. The fourth-order valence-electron chi connectivity index (χ4n) is 2.49. The number of para-hydroxylation sites is 1. The second-order valence-corrected chi connectivity index (χ2v) is 5.82. The minimum Gasteiger partial charge on any atom is -0.462 e. The van der Waals surface area contributed by atoms with Gasteiger partial charge in [0.25, 0.3) is 5.91 Å². The van der Waals surface area contributed by atoms with Gasteiger partial charge in [0.1, 0.15) is 0 Å². The Labute approximate surface area is 164 Å². The van der Waals surface area contributed by atoms with Crippen LogP contribution in [-0.4, -0.2) is 42.6 Å². The van der Waals surface area contributed by atoms with Gasteiger partial charge in [0.2, 0.25) is 0 Å². The molecule has 7 nitrogen and oxygen atoms in total. The van der Waals surface area contributed by atoms with Crippen LogP contribution >= 0.6 is 0 Å². The van der Waals surface area contributed by atoms with Gasteiger partial charge < -0.3 is 24.6 Å². The maximum atomic E-state index is 12.8. The van der Waals surface area contributed by atoms with Crippen molar-refractivity contribution in [1.82, 2.24) is 0 Å². The lowest BCUT2D eigenvalue weighted by atomic mass is 10.1. The Morgan fingerprint density at radius 3 is 2.32 bits per heavy atom. The molecule has 150 valence electrons. The van der Waals surface area contributed by atoms with Gasteiger partial charge in [-0.25, -0.2) is 4.79 Å². The second kappa shape index (κ2) is 11.2.